The molecule has 0 bridgehead atoms. The smallest absolute Gasteiger partial charge is 0.410 e. The Labute approximate surface area is 98.1 Å². The Morgan fingerprint density at radius 1 is 1.50 bits per heavy atom. The van der Waals surface area contributed by atoms with Gasteiger partial charge in [0.25, 0.3) is 0 Å². The van der Waals surface area contributed by atoms with Crippen LogP contribution in [0.1, 0.15) is 41.0 Å². The summed E-state index contributed by atoms with van der Waals surface area (Å²) in [4.78, 5) is 13.7. The van der Waals surface area contributed by atoms with Gasteiger partial charge in [-0.2, -0.15) is 0 Å². The Morgan fingerprint density at radius 3 is 2.50 bits per heavy atom. The van der Waals surface area contributed by atoms with Gasteiger partial charge in [-0.1, -0.05) is 13.8 Å². The first kappa shape index (κ1) is 13.3. The molecule has 0 aromatic carbocycles. The normalized spacial score (nSPS) is 24.6. The Balaban J connectivity index is 2.69. The van der Waals surface area contributed by atoms with Gasteiger partial charge in [0, 0.05) is 19.1 Å². The van der Waals surface area contributed by atoms with Crippen molar-refractivity contribution in [3.8, 4) is 0 Å². The number of nitrogens with zero attached hydrogens (tertiary/aromatic N) is 1. The fraction of sp³-hybridized carbons (Fsp3) is 0.917. The number of carbonyl (C=O) groups is 1. The quantitative estimate of drug-likeness (QED) is 0.746. The lowest BCUT2D eigenvalue weighted by atomic mass is 9.91. The van der Waals surface area contributed by atoms with Crippen molar-refractivity contribution in [2.45, 2.75) is 52.7 Å². The number of amides is 1. The van der Waals surface area contributed by atoms with E-state index in [4.69, 9.17) is 10.5 Å². The maximum absolute atomic E-state index is 12.0. The van der Waals surface area contributed by atoms with Gasteiger partial charge in [-0.05, 0) is 32.6 Å². The second-order valence-electron chi connectivity index (χ2n) is 6.37. The van der Waals surface area contributed by atoms with Crippen molar-refractivity contribution in [3.05, 3.63) is 0 Å². The van der Waals surface area contributed by atoms with E-state index in [0.717, 1.165) is 13.0 Å². The van der Waals surface area contributed by atoms with Crippen molar-refractivity contribution in [2.75, 3.05) is 13.1 Å². The average molecular weight is 228 g/mol. The molecule has 1 rings (SSSR count). The number of hydrogen-bond donors (Lipinski definition) is 1. The molecule has 0 aromatic heterocycles. The van der Waals surface area contributed by atoms with Crippen LogP contribution in [0.4, 0.5) is 4.79 Å². The highest BCUT2D eigenvalue weighted by Crippen LogP contribution is 2.34. The van der Waals surface area contributed by atoms with Crippen molar-refractivity contribution in [1.29, 1.82) is 0 Å². The Hall–Kier alpha value is -0.770. The average Bonchev–Trinajstić information content (AvgIpc) is 2.38. The van der Waals surface area contributed by atoms with E-state index >= 15 is 0 Å². The van der Waals surface area contributed by atoms with Crippen LogP contribution in [-0.2, 0) is 4.74 Å². The molecule has 0 saturated carbocycles. The predicted molar refractivity (Wildman–Crippen MR) is 64.2 cm³/mol. The van der Waals surface area contributed by atoms with Crippen molar-refractivity contribution < 1.29 is 9.53 Å². The van der Waals surface area contributed by atoms with Crippen molar-refractivity contribution >= 4 is 6.09 Å². The van der Waals surface area contributed by atoms with Gasteiger partial charge in [-0.25, -0.2) is 4.79 Å². The first-order valence-electron chi connectivity index (χ1n) is 5.84. The number of likely N-dealkylation sites (tertiary alicyclic amines) is 1. The van der Waals surface area contributed by atoms with Crippen molar-refractivity contribution in [3.63, 3.8) is 0 Å². The molecule has 1 heterocycles. The highest BCUT2D eigenvalue weighted by Gasteiger charge is 2.40. The fourth-order valence-electron chi connectivity index (χ4n) is 2.15. The number of ether oxygens (including phenoxy) is 1. The van der Waals surface area contributed by atoms with Gasteiger partial charge >= 0.3 is 6.09 Å². The zero-order valence-corrected chi connectivity index (χ0v) is 11.0. The van der Waals surface area contributed by atoms with Gasteiger partial charge in [0.1, 0.15) is 5.60 Å². The Morgan fingerprint density at radius 2 is 2.06 bits per heavy atom. The molecule has 94 valence electrons. The van der Waals surface area contributed by atoms with Crippen LogP contribution in [0.5, 0.6) is 0 Å². The summed E-state index contributed by atoms with van der Waals surface area (Å²) in [5.41, 5.74) is 5.40. The minimum Gasteiger partial charge on any atom is -0.444 e. The summed E-state index contributed by atoms with van der Waals surface area (Å²) in [7, 11) is 0. The highest BCUT2D eigenvalue weighted by molar-refractivity contribution is 5.69. The van der Waals surface area contributed by atoms with Gasteiger partial charge in [0.05, 0.1) is 0 Å². The highest BCUT2D eigenvalue weighted by atomic mass is 16.6. The molecule has 1 aliphatic rings. The summed E-state index contributed by atoms with van der Waals surface area (Å²) >= 11 is 0. The van der Waals surface area contributed by atoms with Gasteiger partial charge in [0.2, 0.25) is 0 Å². The largest absolute Gasteiger partial charge is 0.444 e. The summed E-state index contributed by atoms with van der Waals surface area (Å²) < 4.78 is 5.38. The van der Waals surface area contributed by atoms with E-state index in [0.29, 0.717) is 6.54 Å². The Kier molecular flexibility index (Phi) is 3.53. The third kappa shape index (κ3) is 3.37. The Bertz CT molecular complexity index is 269. The molecular formula is C12H24N2O2. The molecule has 1 amide bonds. The van der Waals surface area contributed by atoms with E-state index in [2.05, 4.69) is 13.8 Å². The molecule has 4 heteroatoms. The molecule has 0 aromatic rings. The number of rotatable bonds is 1. The molecule has 0 unspecified atom stereocenters. The lowest BCUT2D eigenvalue weighted by molar-refractivity contribution is 0.0219. The summed E-state index contributed by atoms with van der Waals surface area (Å²) in [5.74, 6) is 0. The van der Waals surface area contributed by atoms with Crippen LogP contribution >= 0.6 is 0 Å². The predicted octanol–water partition coefficient (Wildman–Crippen LogP) is 1.98. The van der Waals surface area contributed by atoms with Gasteiger partial charge in [0.15, 0.2) is 0 Å². The summed E-state index contributed by atoms with van der Waals surface area (Å²) in [6.45, 7) is 11.2. The van der Waals surface area contributed by atoms with Crippen LogP contribution in [0.3, 0.4) is 0 Å². The van der Waals surface area contributed by atoms with Crippen molar-refractivity contribution in [1.82, 2.24) is 4.90 Å². The number of hydrogen-bond acceptors (Lipinski definition) is 3. The van der Waals surface area contributed by atoms with Gasteiger partial charge < -0.3 is 15.4 Å². The van der Waals surface area contributed by atoms with Crippen LogP contribution in [0, 0.1) is 5.41 Å². The third-order valence-electron chi connectivity index (χ3n) is 2.73. The lowest BCUT2D eigenvalue weighted by Crippen LogP contribution is -2.43. The first-order chi connectivity index (χ1) is 7.14. The third-order valence-corrected chi connectivity index (χ3v) is 2.73. The first-order valence-corrected chi connectivity index (χ1v) is 5.84. The van der Waals surface area contributed by atoms with E-state index < -0.39 is 5.60 Å². The molecule has 0 radical (unpaired) electrons. The molecule has 4 nitrogen and oxygen atoms in total. The zero-order chi connectivity index (χ0) is 12.6. The number of carbonyl (C=O) groups excluding carboxylic acids is 1. The second-order valence-corrected chi connectivity index (χ2v) is 6.37. The zero-order valence-electron chi connectivity index (χ0n) is 11.0. The van der Waals surface area contributed by atoms with Crippen LogP contribution in [0.25, 0.3) is 0 Å². The molecule has 1 saturated heterocycles. The number of nitrogens with two attached hydrogens (primary N) is 1. The van der Waals surface area contributed by atoms with Crippen LogP contribution in [-0.4, -0.2) is 35.7 Å². The van der Waals surface area contributed by atoms with Crippen molar-refractivity contribution in [2.24, 2.45) is 11.1 Å². The summed E-state index contributed by atoms with van der Waals surface area (Å²) in [6, 6.07) is 0.116. The SMILES string of the molecule is CC1(C)C[C@@H](CN)N(C(=O)OC(C)(C)C)C1. The fourth-order valence-corrected chi connectivity index (χ4v) is 2.15. The van der Waals surface area contributed by atoms with E-state index in [9.17, 15) is 4.79 Å². The van der Waals surface area contributed by atoms with Crippen LogP contribution in [0.15, 0.2) is 0 Å². The van der Waals surface area contributed by atoms with E-state index in [-0.39, 0.29) is 17.6 Å². The topological polar surface area (TPSA) is 55.6 Å². The minimum absolute atomic E-state index is 0.116. The summed E-state index contributed by atoms with van der Waals surface area (Å²) in [6.07, 6.45) is 0.705. The molecule has 1 aliphatic heterocycles. The molecule has 2 N–H and O–H groups in total. The molecule has 16 heavy (non-hydrogen) atoms. The van der Waals surface area contributed by atoms with Crippen LogP contribution < -0.4 is 5.73 Å². The molecular weight excluding hydrogens is 204 g/mol. The molecule has 1 fully saturated rings. The van der Waals surface area contributed by atoms with Crippen LogP contribution in [0.2, 0.25) is 0 Å². The molecule has 0 aliphatic carbocycles. The molecule has 0 spiro atoms. The second kappa shape index (κ2) is 4.24. The van der Waals surface area contributed by atoms with E-state index in [1.807, 2.05) is 20.8 Å². The monoisotopic (exact) mass is 228 g/mol. The maximum Gasteiger partial charge on any atom is 0.410 e. The lowest BCUT2D eigenvalue weighted by Gasteiger charge is -2.28. The molecule has 1 atom stereocenters. The minimum atomic E-state index is -0.442. The van der Waals surface area contributed by atoms with Gasteiger partial charge in [-0.3, -0.25) is 0 Å². The van der Waals surface area contributed by atoms with E-state index in [1.54, 1.807) is 4.90 Å². The summed E-state index contributed by atoms with van der Waals surface area (Å²) in [5, 5.41) is 0. The maximum atomic E-state index is 12.0. The van der Waals surface area contributed by atoms with Gasteiger partial charge in [-0.15, -0.1) is 0 Å². The standard InChI is InChI=1S/C12H24N2O2/c1-11(2,3)16-10(15)14-8-12(4,5)6-9(14)7-13/h9H,6-8,13H2,1-5H3/t9-/m0/s1. The van der Waals surface area contributed by atoms with E-state index in [1.165, 1.54) is 0 Å².